The number of halogens is 1. The van der Waals surface area contributed by atoms with Gasteiger partial charge in [0, 0.05) is 19.5 Å². The number of ether oxygens (including phenoxy) is 1. The third kappa shape index (κ3) is 3.39. The molecule has 0 aromatic heterocycles. The van der Waals surface area contributed by atoms with Gasteiger partial charge in [0.25, 0.3) is 0 Å². The molecule has 1 aliphatic heterocycles. The number of alkyl halides is 1. The van der Waals surface area contributed by atoms with Crippen LogP contribution in [0.2, 0.25) is 0 Å². The number of likely N-dealkylation sites (tertiary alicyclic amines) is 1. The van der Waals surface area contributed by atoms with Crippen LogP contribution in [0, 0.1) is 0 Å². The Kier molecular flexibility index (Phi) is 4.48. The molecule has 1 aromatic rings. The van der Waals surface area contributed by atoms with Gasteiger partial charge in [-0.1, -0.05) is 12.1 Å². The molecule has 1 saturated heterocycles. The number of methoxy groups -OCH3 is 1. The van der Waals surface area contributed by atoms with Crippen LogP contribution in [0.25, 0.3) is 0 Å². The average molecular weight is 268 g/mol. The monoisotopic (exact) mass is 267 g/mol. The Balaban J connectivity index is 1.81. The van der Waals surface area contributed by atoms with Crippen molar-refractivity contribution < 1.29 is 9.53 Å². The molecule has 1 fully saturated rings. The van der Waals surface area contributed by atoms with E-state index >= 15 is 0 Å². The third-order valence-corrected chi connectivity index (χ3v) is 3.63. The second-order valence-corrected chi connectivity index (χ2v) is 5.19. The van der Waals surface area contributed by atoms with E-state index in [1.54, 1.807) is 7.11 Å². The molecule has 1 amide bonds. The van der Waals surface area contributed by atoms with Crippen molar-refractivity contribution in [3.8, 4) is 5.75 Å². The molecular formula is C14H18ClNO2. The van der Waals surface area contributed by atoms with E-state index in [0.29, 0.717) is 13.0 Å². The molecule has 2 rings (SSSR count). The summed E-state index contributed by atoms with van der Waals surface area (Å²) in [7, 11) is 1.65. The first kappa shape index (κ1) is 13.2. The molecule has 0 bridgehead atoms. The topological polar surface area (TPSA) is 29.5 Å². The molecular weight excluding hydrogens is 250 g/mol. The van der Waals surface area contributed by atoms with Gasteiger partial charge in [-0.2, -0.15) is 0 Å². The van der Waals surface area contributed by atoms with E-state index in [4.69, 9.17) is 16.3 Å². The number of aryl methyl sites for hydroxylation is 1. The van der Waals surface area contributed by atoms with Gasteiger partial charge >= 0.3 is 0 Å². The molecule has 98 valence electrons. The summed E-state index contributed by atoms with van der Waals surface area (Å²) in [4.78, 5) is 13.8. The maximum Gasteiger partial charge on any atom is 0.222 e. The summed E-state index contributed by atoms with van der Waals surface area (Å²) in [6.45, 7) is 1.50. The van der Waals surface area contributed by atoms with Gasteiger partial charge in [-0.3, -0.25) is 4.79 Å². The van der Waals surface area contributed by atoms with Gasteiger partial charge in [-0.05, 0) is 30.5 Å². The second-order valence-electron chi connectivity index (χ2n) is 4.57. The molecule has 0 saturated carbocycles. The van der Waals surface area contributed by atoms with Crippen molar-refractivity contribution in [3.05, 3.63) is 29.8 Å². The second kappa shape index (κ2) is 6.10. The molecule has 0 aliphatic carbocycles. The molecule has 0 spiro atoms. The highest BCUT2D eigenvalue weighted by atomic mass is 35.5. The Morgan fingerprint density at radius 2 is 2.17 bits per heavy atom. The van der Waals surface area contributed by atoms with Gasteiger partial charge in [-0.15, -0.1) is 11.6 Å². The number of amides is 1. The maximum atomic E-state index is 11.9. The first-order chi connectivity index (χ1) is 8.69. The standard InChI is InChI=1S/C14H18ClNO2/c1-18-13-5-2-11(3-6-13)4-7-14(17)16-9-8-12(15)10-16/h2-3,5-6,12H,4,7-10H2,1H3. The Labute approximate surface area is 113 Å². The van der Waals surface area contributed by atoms with E-state index in [9.17, 15) is 4.79 Å². The van der Waals surface area contributed by atoms with Gasteiger partial charge in [0.15, 0.2) is 0 Å². The highest BCUT2D eigenvalue weighted by molar-refractivity contribution is 6.21. The first-order valence-electron chi connectivity index (χ1n) is 6.24. The Hall–Kier alpha value is -1.22. The summed E-state index contributed by atoms with van der Waals surface area (Å²) in [5.74, 6) is 1.04. The molecule has 0 N–H and O–H groups in total. The molecule has 1 atom stereocenters. The molecule has 1 heterocycles. The minimum absolute atomic E-state index is 0.134. The summed E-state index contributed by atoms with van der Waals surface area (Å²) in [5, 5.41) is 0.134. The zero-order chi connectivity index (χ0) is 13.0. The lowest BCUT2D eigenvalue weighted by Gasteiger charge is -2.15. The van der Waals surface area contributed by atoms with Crippen LogP contribution in [-0.2, 0) is 11.2 Å². The van der Waals surface area contributed by atoms with E-state index in [1.165, 1.54) is 0 Å². The number of benzene rings is 1. The van der Waals surface area contributed by atoms with Crippen molar-refractivity contribution in [2.24, 2.45) is 0 Å². The van der Waals surface area contributed by atoms with Gasteiger partial charge < -0.3 is 9.64 Å². The number of hydrogen-bond donors (Lipinski definition) is 0. The zero-order valence-electron chi connectivity index (χ0n) is 10.6. The van der Waals surface area contributed by atoms with Gasteiger partial charge in [0.1, 0.15) is 5.75 Å². The van der Waals surface area contributed by atoms with Crippen molar-refractivity contribution in [2.45, 2.75) is 24.6 Å². The minimum Gasteiger partial charge on any atom is -0.497 e. The van der Waals surface area contributed by atoms with Crippen LogP contribution in [0.1, 0.15) is 18.4 Å². The summed E-state index contributed by atoms with van der Waals surface area (Å²) in [5.41, 5.74) is 1.16. The quantitative estimate of drug-likeness (QED) is 0.785. The molecule has 4 heteroatoms. The van der Waals surface area contributed by atoms with E-state index in [-0.39, 0.29) is 11.3 Å². The van der Waals surface area contributed by atoms with Crippen molar-refractivity contribution in [3.63, 3.8) is 0 Å². The SMILES string of the molecule is COc1ccc(CCC(=O)N2CCC(Cl)C2)cc1. The summed E-state index contributed by atoms with van der Waals surface area (Å²) in [6, 6.07) is 7.84. The van der Waals surface area contributed by atoms with Crippen LogP contribution < -0.4 is 4.74 Å². The van der Waals surface area contributed by atoms with Gasteiger partial charge in [-0.25, -0.2) is 0 Å². The van der Waals surface area contributed by atoms with Crippen LogP contribution in [0.4, 0.5) is 0 Å². The van der Waals surface area contributed by atoms with Crippen molar-refractivity contribution >= 4 is 17.5 Å². The molecule has 1 aromatic carbocycles. The van der Waals surface area contributed by atoms with E-state index < -0.39 is 0 Å². The fourth-order valence-electron chi connectivity index (χ4n) is 2.15. The Bertz CT molecular complexity index is 405. The lowest BCUT2D eigenvalue weighted by molar-refractivity contribution is -0.130. The zero-order valence-corrected chi connectivity index (χ0v) is 11.3. The lowest BCUT2D eigenvalue weighted by atomic mass is 10.1. The third-order valence-electron chi connectivity index (χ3n) is 3.27. The number of carbonyl (C=O) groups is 1. The first-order valence-corrected chi connectivity index (χ1v) is 6.67. The van der Waals surface area contributed by atoms with Crippen LogP contribution >= 0.6 is 11.6 Å². The van der Waals surface area contributed by atoms with E-state index in [0.717, 1.165) is 30.7 Å². The smallest absolute Gasteiger partial charge is 0.222 e. The Morgan fingerprint density at radius 1 is 1.44 bits per heavy atom. The average Bonchev–Trinajstić information content (AvgIpc) is 2.83. The normalized spacial score (nSPS) is 19.0. The van der Waals surface area contributed by atoms with Crippen molar-refractivity contribution in [2.75, 3.05) is 20.2 Å². The molecule has 3 nitrogen and oxygen atoms in total. The van der Waals surface area contributed by atoms with E-state index in [2.05, 4.69) is 0 Å². The van der Waals surface area contributed by atoms with Crippen LogP contribution in [0.5, 0.6) is 5.75 Å². The highest BCUT2D eigenvalue weighted by Crippen LogP contribution is 2.17. The minimum atomic E-state index is 0.134. The lowest BCUT2D eigenvalue weighted by Crippen LogP contribution is -2.28. The van der Waals surface area contributed by atoms with E-state index in [1.807, 2.05) is 29.2 Å². The largest absolute Gasteiger partial charge is 0.497 e. The fraction of sp³-hybridized carbons (Fsp3) is 0.500. The molecule has 18 heavy (non-hydrogen) atoms. The maximum absolute atomic E-state index is 11.9. The summed E-state index contributed by atoms with van der Waals surface area (Å²) in [6.07, 6.45) is 2.23. The fourth-order valence-corrected chi connectivity index (χ4v) is 2.41. The molecule has 1 unspecified atom stereocenters. The number of rotatable bonds is 4. The van der Waals surface area contributed by atoms with Crippen LogP contribution in [0.3, 0.4) is 0 Å². The molecule has 0 radical (unpaired) electrons. The van der Waals surface area contributed by atoms with Crippen LogP contribution in [0.15, 0.2) is 24.3 Å². The van der Waals surface area contributed by atoms with Gasteiger partial charge in [0.2, 0.25) is 5.91 Å². The van der Waals surface area contributed by atoms with Gasteiger partial charge in [0.05, 0.1) is 12.5 Å². The van der Waals surface area contributed by atoms with Crippen molar-refractivity contribution in [1.82, 2.24) is 4.90 Å². The number of nitrogens with zero attached hydrogens (tertiary/aromatic N) is 1. The predicted octanol–water partition coefficient (Wildman–Crippen LogP) is 2.47. The van der Waals surface area contributed by atoms with Crippen LogP contribution in [-0.4, -0.2) is 36.4 Å². The molecule has 1 aliphatic rings. The Morgan fingerprint density at radius 3 is 2.72 bits per heavy atom. The summed E-state index contributed by atoms with van der Waals surface area (Å²) < 4.78 is 5.10. The summed E-state index contributed by atoms with van der Waals surface area (Å²) >= 11 is 5.99. The highest BCUT2D eigenvalue weighted by Gasteiger charge is 2.23. The number of hydrogen-bond acceptors (Lipinski definition) is 2. The van der Waals surface area contributed by atoms with Crippen molar-refractivity contribution in [1.29, 1.82) is 0 Å². The number of carbonyl (C=O) groups excluding carboxylic acids is 1. The predicted molar refractivity (Wildman–Crippen MR) is 72.2 cm³/mol.